The standard InChI is InChI=1S/C19H14BrNO3/c1-23-13-8-16-18(17(9-13)24-2)19(22)14-6-11-5-12(20)4-3-10(11)7-15(14)21-16/h3-9H,1-2H3,(H,21,22). The molecule has 24 heavy (non-hydrogen) atoms. The van der Waals surface area contributed by atoms with E-state index in [1.807, 2.05) is 36.4 Å². The first-order valence-corrected chi connectivity index (χ1v) is 8.21. The van der Waals surface area contributed by atoms with Crippen LogP contribution in [0, 0.1) is 0 Å². The van der Waals surface area contributed by atoms with Gasteiger partial charge in [-0.25, -0.2) is 0 Å². The molecule has 0 bridgehead atoms. The summed E-state index contributed by atoms with van der Waals surface area (Å²) in [6, 6.07) is 13.4. The summed E-state index contributed by atoms with van der Waals surface area (Å²) in [5, 5.41) is 3.24. The topological polar surface area (TPSA) is 51.3 Å². The largest absolute Gasteiger partial charge is 0.497 e. The van der Waals surface area contributed by atoms with E-state index in [0.29, 0.717) is 27.8 Å². The van der Waals surface area contributed by atoms with Crippen molar-refractivity contribution in [3.8, 4) is 11.5 Å². The van der Waals surface area contributed by atoms with Gasteiger partial charge in [-0.05, 0) is 35.0 Å². The second-order valence-electron chi connectivity index (χ2n) is 5.60. The lowest BCUT2D eigenvalue weighted by Crippen LogP contribution is -2.06. The summed E-state index contributed by atoms with van der Waals surface area (Å²) in [7, 11) is 3.14. The van der Waals surface area contributed by atoms with Crippen LogP contribution in [0.15, 0.2) is 51.7 Å². The summed E-state index contributed by atoms with van der Waals surface area (Å²) < 4.78 is 11.7. The molecule has 1 N–H and O–H groups in total. The Morgan fingerprint density at radius 2 is 1.75 bits per heavy atom. The number of pyridine rings is 1. The molecule has 4 rings (SSSR count). The first kappa shape index (κ1) is 15.0. The van der Waals surface area contributed by atoms with E-state index in [1.54, 1.807) is 20.3 Å². The molecule has 0 radical (unpaired) electrons. The zero-order chi connectivity index (χ0) is 16.8. The molecule has 0 aliphatic heterocycles. The number of ether oxygens (including phenoxy) is 2. The Balaban J connectivity index is 2.19. The highest BCUT2D eigenvalue weighted by molar-refractivity contribution is 9.10. The van der Waals surface area contributed by atoms with Crippen LogP contribution >= 0.6 is 15.9 Å². The molecule has 0 saturated heterocycles. The zero-order valence-corrected chi connectivity index (χ0v) is 14.7. The maximum absolute atomic E-state index is 13.0. The molecule has 0 aliphatic carbocycles. The van der Waals surface area contributed by atoms with Crippen LogP contribution in [-0.2, 0) is 0 Å². The molecule has 3 aromatic carbocycles. The smallest absolute Gasteiger partial charge is 0.200 e. The quantitative estimate of drug-likeness (QED) is 0.514. The van der Waals surface area contributed by atoms with Crippen molar-refractivity contribution in [2.24, 2.45) is 0 Å². The van der Waals surface area contributed by atoms with Gasteiger partial charge in [0.05, 0.1) is 30.6 Å². The maximum Gasteiger partial charge on any atom is 0.200 e. The predicted octanol–water partition coefficient (Wildman–Crippen LogP) is 4.61. The average Bonchev–Trinajstić information content (AvgIpc) is 2.59. The Labute approximate surface area is 146 Å². The minimum Gasteiger partial charge on any atom is -0.497 e. The lowest BCUT2D eigenvalue weighted by atomic mass is 10.0. The lowest BCUT2D eigenvalue weighted by molar-refractivity contribution is 0.397. The van der Waals surface area contributed by atoms with Gasteiger partial charge in [0, 0.05) is 22.0 Å². The van der Waals surface area contributed by atoms with E-state index in [2.05, 4.69) is 20.9 Å². The monoisotopic (exact) mass is 383 g/mol. The van der Waals surface area contributed by atoms with Crippen LogP contribution < -0.4 is 14.9 Å². The zero-order valence-electron chi connectivity index (χ0n) is 13.1. The van der Waals surface area contributed by atoms with Crippen molar-refractivity contribution in [1.29, 1.82) is 0 Å². The maximum atomic E-state index is 13.0. The number of nitrogens with one attached hydrogen (secondary N) is 1. The Morgan fingerprint density at radius 3 is 2.50 bits per heavy atom. The van der Waals surface area contributed by atoms with Gasteiger partial charge in [0.25, 0.3) is 0 Å². The van der Waals surface area contributed by atoms with Crippen molar-refractivity contribution >= 4 is 48.5 Å². The second-order valence-corrected chi connectivity index (χ2v) is 6.51. The fraction of sp³-hybridized carbons (Fsp3) is 0.105. The number of methoxy groups -OCH3 is 2. The molecule has 5 heteroatoms. The molecule has 0 spiro atoms. The van der Waals surface area contributed by atoms with E-state index >= 15 is 0 Å². The number of aromatic nitrogens is 1. The van der Waals surface area contributed by atoms with Gasteiger partial charge in [0.2, 0.25) is 5.43 Å². The summed E-state index contributed by atoms with van der Waals surface area (Å²) in [6.45, 7) is 0. The van der Waals surface area contributed by atoms with Gasteiger partial charge < -0.3 is 14.5 Å². The Kier molecular flexibility index (Phi) is 3.46. The van der Waals surface area contributed by atoms with E-state index in [4.69, 9.17) is 9.47 Å². The van der Waals surface area contributed by atoms with Crippen molar-refractivity contribution in [2.45, 2.75) is 0 Å². The fourth-order valence-corrected chi connectivity index (χ4v) is 3.42. The summed E-state index contributed by atoms with van der Waals surface area (Å²) in [5.41, 5.74) is 1.43. The highest BCUT2D eigenvalue weighted by Crippen LogP contribution is 2.31. The SMILES string of the molecule is COc1cc(OC)c2c(=O)c3cc4cc(Br)ccc4cc3[nH]c2c1. The highest BCUT2D eigenvalue weighted by Gasteiger charge is 2.13. The van der Waals surface area contributed by atoms with Crippen LogP contribution in [0.4, 0.5) is 0 Å². The molecule has 120 valence electrons. The Morgan fingerprint density at radius 1 is 0.917 bits per heavy atom. The van der Waals surface area contributed by atoms with Crippen LogP contribution in [0.1, 0.15) is 0 Å². The van der Waals surface area contributed by atoms with Crippen molar-refractivity contribution in [3.63, 3.8) is 0 Å². The molecule has 0 aliphatic rings. The molecule has 1 aromatic heterocycles. The number of halogens is 1. The number of fused-ring (bicyclic) bond motifs is 3. The molecule has 0 amide bonds. The summed E-state index contributed by atoms with van der Waals surface area (Å²) in [4.78, 5) is 16.4. The van der Waals surface area contributed by atoms with Crippen LogP contribution in [-0.4, -0.2) is 19.2 Å². The number of H-pyrrole nitrogens is 1. The third kappa shape index (κ3) is 2.24. The van der Waals surface area contributed by atoms with Crippen molar-refractivity contribution in [3.05, 3.63) is 57.2 Å². The van der Waals surface area contributed by atoms with Crippen molar-refractivity contribution in [2.75, 3.05) is 14.2 Å². The number of hydrogen-bond acceptors (Lipinski definition) is 3. The van der Waals surface area contributed by atoms with Gasteiger partial charge in [-0.1, -0.05) is 22.0 Å². The molecule has 0 atom stereocenters. The number of rotatable bonds is 2. The van der Waals surface area contributed by atoms with E-state index in [9.17, 15) is 4.79 Å². The normalized spacial score (nSPS) is 11.3. The van der Waals surface area contributed by atoms with Crippen LogP contribution in [0.5, 0.6) is 11.5 Å². The summed E-state index contributed by atoms with van der Waals surface area (Å²) in [5.74, 6) is 1.14. The number of aromatic amines is 1. The molecule has 0 fully saturated rings. The third-order valence-electron chi connectivity index (χ3n) is 4.21. The van der Waals surface area contributed by atoms with E-state index in [-0.39, 0.29) is 5.43 Å². The van der Waals surface area contributed by atoms with Gasteiger partial charge in [-0.3, -0.25) is 4.79 Å². The van der Waals surface area contributed by atoms with Gasteiger partial charge in [-0.15, -0.1) is 0 Å². The minimum atomic E-state index is -0.0554. The first-order valence-electron chi connectivity index (χ1n) is 7.42. The highest BCUT2D eigenvalue weighted by atomic mass is 79.9. The number of benzene rings is 3. The van der Waals surface area contributed by atoms with Gasteiger partial charge in [-0.2, -0.15) is 0 Å². The van der Waals surface area contributed by atoms with Crippen LogP contribution in [0.2, 0.25) is 0 Å². The van der Waals surface area contributed by atoms with Gasteiger partial charge in [0.15, 0.2) is 0 Å². The molecular formula is C19H14BrNO3. The molecule has 4 nitrogen and oxygen atoms in total. The van der Waals surface area contributed by atoms with E-state index < -0.39 is 0 Å². The molecule has 0 saturated carbocycles. The molecule has 1 heterocycles. The molecule has 0 unspecified atom stereocenters. The first-order chi connectivity index (χ1) is 11.6. The fourth-order valence-electron chi connectivity index (χ4n) is 3.04. The lowest BCUT2D eigenvalue weighted by Gasteiger charge is -2.10. The van der Waals surface area contributed by atoms with Crippen LogP contribution in [0.3, 0.4) is 0 Å². The van der Waals surface area contributed by atoms with Gasteiger partial charge in [0.1, 0.15) is 11.5 Å². The molecule has 4 aromatic rings. The van der Waals surface area contributed by atoms with E-state index in [1.165, 1.54) is 0 Å². The minimum absolute atomic E-state index is 0.0554. The third-order valence-corrected chi connectivity index (χ3v) is 4.70. The van der Waals surface area contributed by atoms with Gasteiger partial charge >= 0.3 is 0 Å². The average molecular weight is 384 g/mol. The van der Waals surface area contributed by atoms with Crippen LogP contribution in [0.25, 0.3) is 32.6 Å². The van der Waals surface area contributed by atoms with Crippen molar-refractivity contribution < 1.29 is 9.47 Å². The van der Waals surface area contributed by atoms with E-state index in [0.717, 1.165) is 20.8 Å². The Hall–Kier alpha value is -2.53. The summed E-state index contributed by atoms with van der Waals surface area (Å²) >= 11 is 3.47. The van der Waals surface area contributed by atoms with Crippen molar-refractivity contribution in [1.82, 2.24) is 4.98 Å². The second kappa shape index (κ2) is 5.53. The number of hydrogen-bond donors (Lipinski definition) is 1. The Bertz CT molecular complexity index is 1160. The summed E-state index contributed by atoms with van der Waals surface area (Å²) in [6.07, 6.45) is 0. The molecular weight excluding hydrogens is 370 g/mol. The predicted molar refractivity (Wildman–Crippen MR) is 100 cm³/mol.